The lowest BCUT2D eigenvalue weighted by Gasteiger charge is -2.26. The van der Waals surface area contributed by atoms with Crippen LogP contribution in [0.1, 0.15) is 47.4 Å². The van der Waals surface area contributed by atoms with Crippen LogP contribution in [0.25, 0.3) is 11.3 Å². The molecular formula is C23H25N3O2. The van der Waals surface area contributed by atoms with Gasteiger partial charge in [-0.05, 0) is 55.5 Å². The molecule has 2 aromatic carbocycles. The Bertz CT molecular complexity index is 993. The zero-order valence-electron chi connectivity index (χ0n) is 16.3. The first-order valence-electron chi connectivity index (χ1n) is 9.80. The van der Waals surface area contributed by atoms with Crippen molar-refractivity contribution in [1.29, 1.82) is 0 Å². The summed E-state index contributed by atoms with van der Waals surface area (Å²) in [5.74, 6) is 0.693. The lowest BCUT2D eigenvalue weighted by atomic mass is 9.87. The van der Waals surface area contributed by atoms with Gasteiger partial charge in [-0.25, -0.2) is 0 Å². The van der Waals surface area contributed by atoms with Crippen LogP contribution in [-0.4, -0.2) is 22.8 Å². The second kappa shape index (κ2) is 7.89. The zero-order chi connectivity index (χ0) is 19.5. The number of carbonyl (C=O) groups excluding carboxylic acids is 1. The molecule has 5 nitrogen and oxygen atoms in total. The molecule has 1 aliphatic rings. The molecule has 1 heterocycles. The van der Waals surface area contributed by atoms with Crippen LogP contribution in [0.3, 0.4) is 0 Å². The van der Waals surface area contributed by atoms with E-state index in [0.717, 1.165) is 36.3 Å². The first-order valence-corrected chi connectivity index (χ1v) is 9.80. The lowest BCUT2D eigenvalue weighted by Crippen LogP contribution is -2.32. The van der Waals surface area contributed by atoms with Gasteiger partial charge in [-0.15, -0.1) is 0 Å². The van der Waals surface area contributed by atoms with Gasteiger partial charge in [-0.2, -0.15) is 5.10 Å². The van der Waals surface area contributed by atoms with E-state index in [4.69, 9.17) is 4.74 Å². The highest BCUT2D eigenvalue weighted by Gasteiger charge is 2.24. The molecule has 1 aromatic heterocycles. The van der Waals surface area contributed by atoms with Crippen molar-refractivity contribution < 1.29 is 9.53 Å². The monoisotopic (exact) mass is 375 g/mol. The van der Waals surface area contributed by atoms with Crippen LogP contribution < -0.4 is 10.1 Å². The van der Waals surface area contributed by atoms with E-state index < -0.39 is 0 Å². The summed E-state index contributed by atoms with van der Waals surface area (Å²) in [6, 6.07) is 18.0. The molecule has 0 saturated heterocycles. The fraction of sp³-hybridized carbons (Fsp3) is 0.304. The molecule has 0 fully saturated rings. The van der Waals surface area contributed by atoms with Gasteiger partial charge in [0.25, 0.3) is 5.91 Å². The number of fused-ring (bicyclic) bond motifs is 1. The highest BCUT2D eigenvalue weighted by molar-refractivity contribution is 5.94. The maximum atomic E-state index is 13.1. The number of benzene rings is 2. The molecule has 0 radical (unpaired) electrons. The molecular weight excluding hydrogens is 350 g/mol. The summed E-state index contributed by atoms with van der Waals surface area (Å²) in [6.45, 7) is 2.63. The van der Waals surface area contributed by atoms with Crippen molar-refractivity contribution in [2.45, 2.75) is 38.8 Å². The number of nitrogens with one attached hydrogen (secondary N) is 1. The molecule has 0 spiro atoms. The maximum absolute atomic E-state index is 13.1. The SMILES string of the molecule is CCn1nc(-c2cccc(OC)c2)cc1C(=O)N[C@H]1CCCc2ccccc21. The average molecular weight is 375 g/mol. The average Bonchev–Trinajstić information content (AvgIpc) is 3.19. The van der Waals surface area contributed by atoms with Gasteiger partial charge < -0.3 is 10.1 Å². The van der Waals surface area contributed by atoms with Crippen molar-refractivity contribution in [2.24, 2.45) is 0 Å². The van der Waals surface area contributed by atoms with Crippen LogP contribution in [0.2, 0.25) is 0 Å². The van der Waals surface area contributed by atoms with Gasteiger partial charge in [-0.3, -0.25) is 9.48 Å². The Kier molecular flexibility index (Phi) is 5.15. The van der Waals surface area contributed by atoms with Gasteiger partial charge in [-0.1, -0.05) is 36.4 Å². The van der Waals surface area contributed by atoms with Crippen LogP contribution in [0.5, 0.6) is 5.75 Å². The van der Waals surface area contributed by atoms with Crippen LogP contribution in [-0.2, 0) is 13.0 Å². The number of aromatic nitrogens is 2. The van der Waals surface area contributed by atoms with E-state index in [1.807, 2.05) is 43.3 Å². The summed E-state index contributed by atoms with van der Waals surface area (Å²) in [5, 5.41) is 7.86. The molecule has 144 valence electrons. The first-order chi connectivity index (χ1) is 13.7. The summed E-state index contributed by atoms with van der Waals surface area (Å²) in [4.78, 5) is 13.1. The molecule has 0 aliphatic heterocycles. The highest BCUT2D eigenvalue weighted by atomic mass is 16.5. The van der Waals surface area contributed by atoms with Gasteiger partial charge in [0.15, 0.2) is 0 Å². The molecule has 0 unspecified atom stereocenters. The third-order valence-corrected chi connectivity index (χ3v) is 5.35. The van der Waals surface area contributed by atoms with E-state index in [1.165, 1.54) is 11.1 Å². The number of hydrogen-bond donors (Lipinski definition) is 1. The van der Waals surface area contributed by atoms with Crippen molar-refractivity contribution >= 4 is 5.91 Å². The Hall–Kier alpha value is -3.08. The van der Waals surface area contributed by atoms with Crippen LogP contribution in [0.4, 0.5) is 0 Å². The largest absolute Gasteiger partial charge is 0.497 e. The fourth-order valence-corrected chi connectivity index (χ4v) is 3.90. The van der Waals surface area contributed by atoms with Crippen molar-refractivity contribution in [3.05, 3.63) is 71.4 Å². The van der Waals surface area contributed by atoms with Gasteiger partial charge in [0, 0.05) is 12.1 Å². The number of nitrogens with zero attached hydrogens (tertiary/aromatic N) is 2. The smallest absolute Gasteiger partial charge is 0.270 e. The summed E-state index contributed by atoms with van der Waals surface area (Å²) < 4.78 is 7.07. The van der Waals surface area contributed by atoms with E-state index in [1.54, 1.807) is 11.8 Å². The molecule has 1 amide bonds. The highest BCUT2D eigenvalue weighted by Crippen LogP contribution is 2.30. The lowest BCUT2D eigenvalue weighted by molar-refractivity contribution is 0.0922. The second-order valence-corrected chi connectivity index (χ2v) is 7.08. The summed E-state index contributed by atoms with van der Waals surface area (Å²) in [5.41, 5.74) is 4.86. The molecule has 1 atom stereocenters. The third-order valence-electron chi connectivity index (χ3n) is 5.35. The third kappa shape index (κ3) is 3.52. The van der Waals surface area contributed by atoms with Crippen LogP contribution in [0, 0.1) is 0 Å². The molecule has 5 heteroatoms. The fourth-order valence-electron chi connectivity index (χ4n) is 3.90. The second-order valence-electron chi connectivity index (χ2n) is 7.08. The van der Waals surface area contributed by atoms with Gasteiger partial charge in [0.05, 0.1) is 18.8 Å². The predicted molar refractivity (Wildman–Crippen MR) is 109 cm³/mol. The van der Waals surface area contributed by atoms with Gasteiger partial charge >= 0.3 is 0 Å². The number of carbonyl (C=O) groups is 1. The molecule has 3 aromatic rings. The molecule has 1 aliphatic carbocycles. The van der Waals surface area contributed by atoms with E-state index in [0.29, 0.717) is 12.2 Å². The Labute approximate surface area is 165 Å². The van der Waals surface area contributed by atoms with Crippen molar-refractivity contribution in [3.8, 4) is 17.0 Å². The number of amides is 1. The van der Waals surface area contributed by atoms with Crippen LogP contribution in [0.15, 0.2) is 54.6 Å². The van der Waals surface area contributed by atoms with Crippen molar-refractivity contribution in [1.82, 2.24) is 15.1 Å². The summed E-state index contributed by atoms with van der Waals surface area (Å²) >= 11 is 0. The van der Waals surface area contributed by atoms with Gasteiger partial charge in [0.1, 0.15) is 11.4 Å². The van der Waals surface area contributed by atoms with Crippen LogP contribution >= 0.6 is 0 Å². The Balaban J connectivity index is 1.61. The predicted octanol–water partition coefficient (Wildman–Crippen LogP) is 4.39. The number of aryl methyl sites for hydroxylation is 2. The maximum Gasteiger partial charge on any atom is 0.270 e. The minimum atomic E-state index is -0.0785. The van der Waals surface area contributed by atoms with E-state index in [2.05, 4.69) is 28.6 Å². The molecule has 0 saturated carbocycles. The normalized spacial score (nSPS) is 15.7. The van der Waals surface area contributed by atoms with E-state index in [-0.39, 0.29) is 11.9 Å². The number of hydrogen-bond acceptors (Lipinski definition) is 3. The Morgan fingerprint density at radius 2 is 2.07 bits per heavy atom. The molecule has 4 rings (SSSR count). The summed E-state index contributed by atoms with van der Waals surface area (Å²) in [7, 11) is 1.64. The van der Waals surface area contributed by atoms with Crippen molar-refractivity contribution in [3.63, 3.8) is 0 Å². The molecule has 28 heavy (non-hydrogen) atoms. The minimum Gasteiger partial charge on any atom is -0.497 e. The van der Waals surface area contributed by atoms with Gasteiger partial charge in [0.2, 0.25) is 0 Å². The minimum absolute atomic E-state index is 0.0536. The molecule has 1 N–H and O–H groups in total. The quantitative estimate of drug-likeness (QED) is 0.720. The Morgan fingerprint density at radius 1 is 1.21 bits per heavy atom. The number of rotatable bonds is 5. The first kappa shape index (κ1) is 18.3. The van der Waals surface area contributed by atoms with Crippen molar-refractivity contribution in [2.75, 3.05) is 7.11 Å². The zero-order valence-corrected chi connectivity index (χ0v) is 16.3. The topological polar surface area (TPSA) is 56.2 Å². The summed E-state index contributed by atoms with van der Waals surface area (Å²) in [6.07, 6.45) is 3.13. The molecule has 0 bridgehead atoms. The number of methoxy groups -OCH3 is 1. The number of ether oxygens (including phenoxy) is 1. The Morgan fingerprint density at radius 3 is 2.89 bits per heavy atom. The van der Waals surface area contributed by atoms with E-state index >= 15 is 0 Å². The van der Waals surface area contributed by atoms with E-state index in [9.17, 15) is 4.79 Å². The standard InChI is InChI=1S/C23H25N3O2/c1-3-26-22(15-21(25-26)17-10-6-11-18(14-17)28-2)23(27)24-20-13-7-9-16-8-4-5-12-19(16)20/h4-6,8,10-12,14-15,20H,3,7,9,13H2,1-2H3,(H,24,27)/t20-/m0/s1.